The first-order valence-electron chi connectivity index (χ1n) is 4.54. The highest BCUT2D eigenvalue weighted by Gasteiger charge is 1.93. The Kier molecular flexibility index (Phi) is 4.88. The van der Waals surface area contributed by atoms with Crippen molar-refractivity contribution in [3.8, 4) is 0 Å². The molecule has 0 aliphatic heterocycles. The molecule has 1 rings (SSSR count). The minimum absolute atomic E-state index is 0.0621. The third-order valence-corrected chi connectivity index (χ3v) is 1.59. The molecule has 1 heterocycles. The Morgan fingerprint density at radius 2 is 2.29 bits per heavy atom. The summed E-state index contributed by atoms with van der Waals surface area (Å²) in [6, 6.07) is 1.87. The molecule has 0 radical (unpaired) electrons. The number of aliphatic hydroxyl groups excluding tert-OH is 1. The molecule has 5 nitrogen and oxygen atoms in total. The molecule has 0 unspecified atom stereocenters. The topological polar surface area (TPSA) is 67.3 Å². The van der Waals surface area contributed by atoms with Crippen LogP contribution in [0.2, 0.25) is 0 Å². The van der Waals surface area contributed by atoms with Crippen LogP contribution in [0.1, 0.15) is 5.69 Å². The molecule has 0 saturated heterocycles. The van der Waals surface area contributed by atoms with Gasteiger partial charge in [0.1, 0.15) is 12.1 Å². The number of nitrogens with one attached hydrogen (secondary N) is 1. The van der Waals surface area contributed by atoms with E-state index < -0.39 is 0 Å². The number of nitrogens with zero attached hydrogens (tertiary/aromatic N) is 2. The van der Waals surface area contributed by atoms with Crippen LogP contribution in [0.5, 0.6) is 0 Å². The van der Waals surface area contributed by atoms with Crippen molar-refractivity contribution in [2.45, 2.75) is 6.92 Å². The van der Waals surface area contributed by atoms with Crippen LogP contribution in [0.15, 0.2) is 12.4 Å². The Balaban J connectivity index is 2.18. The second-order valence-electron chi connectivity index (χ2n) is 2.81. The number of aryl methyl sites for hydroxylation is 1. The van der Waals surface area contributed by atoms with Crippen molar-refractivity contribution in [3.05, 3.63) is 18.1 Å². The van der Waals surface area contributed by atoms with E-state index in [-0.39, 0.29) is 6.61 Å². The van der Waals surface area contributed by atoms with Crippen LogP contribution in [0.4, 0.5) is 5.82 Å². The zero-order chi connectivity index (χ0) is 10.2. The van der Waals surface area contributed by atoms with Gasteiger partial charge in [0.05, 0.1) is 19.8 Å². The number of hydrogen-bond donors (Lipinski definition) is 2. The molecule has 2 N–H and O–H groups in total. The van der Waals surface area contributed by atoms with E-state index in [9.17, 15) is 0 Å². The predicted octanol–water partition coefficient (Wildman–Crippen LogP) is 0.206. The molecule has 0 amide bonds. The molecule has 0 saturated carbocycles. The third-order valence-electron chi connectivity index (χ3n) is 1.59. The molecule has 0 fully saturated rings. The van der Waals surface area contributed by atoms with Gasteiger partial charge in [0.2, 0.25) is 0 Å². The van der Waals surface area contributed by atoms with E-state index in [2.05, 4.69) is 15.3 Å². The highest BCUT2D eigenvalue weighted by Crippen LogP contribution is 2.01. The maximum absolute atomic E-state index is 8.45. The van der Waals surface area contributed by atoms with Crippen molar-refractivity contribution in [3.63, 3.8) is 0 Å². The summed E-state index contributed by atoms with van der Waals surface area (Å²) in [5.74, 6) is 0.796. The number of aromatic nitrogens is 2. The van der Waals surface area contributed by atoms with Gasteiger partial charge < -0.3 is 15.2 Å². The highest BCUT2D eigenvalue weighted by molar-refractivity contribution is 5.34. The summed E-state index contributed by atoms with van der Waals surface area (Å²) in [5, 5.41) is 11.5. The molecule has 14 heavy (non-hydrogen) atoms. The average Bonchev–Trinajstić information content (AvgIpc) is 2.18. The van der Waals surface area contributed by atoms with Crippen LogP contribution in [0, 0.1) is 6.92 Å². The summed E-state index contributed by atoms with van der Waals surface area (Å²) in [6.07, 6.45) is 1.52. The second-order valence-corrected chi connectivity index (χ2v) is 2.81. The van der Waals surface area contributed by atoms with Crippen LogP contribution in [-0.4, -0.2) is 41.4 Å². The van der Waals surface area contributed by atoms with E-state index in [1.807, 2.05) is 13.0 Å². The van der Waals surface area contributed by atoms with E-state index in [0.29, 0.717) is 19.8 Å². The van der Waals surface area contributed by atoms with Crippen molar-refractivity contribution in [1.29, 1.82) is 0 Å². The first kappa shape index (κ1) is 10.9. The maximum atomic E-state index is 8.45. The molecular weight excluding hydrogens is 182 g/mol. The fourth-order valence-electron chi connectivity index (χ4n) is 0.969. The molecule has 1 aromatic heterocycles. The van der Waals surface area contributed by atoms with Gasteiger partial charge in [0.15, 0.2) is 0 Å². The minimum atomic E-state index is 0.0621. The van der Waals surface area contributed by atoms with Crippen molar-refractivity contribution in [2.75, 3.05) is 31.7 Å². The first-order valence-corrected chi connectivity index (χ1v) is 4.54. The van der Waals surface area contributed by atoms with Gasteiger partial charge in [0, 0.05) is 18.3 Å². The lowest BCUT2D eigenvalue weighted by molar-refractivity contribution is 0.0992. The number of hydrogen-bond acceptors (Lipinski definition) is 5. The Bertz CT molecular complexity index is 268. The Labute approximate surface area is 83.2 Å². The molecule has 0 aliphatic carbocycles. The zero-order valence-corrected chi connectivity index (χ0v) is 8.23. The van der Waals surface area contributed by atoms with E-state index in [4.69, 9.17) is 9.84 Å². The van der Waals surface area contributed by atoms with Gasteiger partial charge in [-0.3, -0.25) is 0 Å². The van der Waals surface area contributed by atoms with E-state index in [0.717, 1.165) is 11.5 Å². The summed E-state index contributed by atoms with van der Waals surface area (Å²) >= 11 is 0. The molecule has 5 heteroatoms. The van der Waals surface area contributed by atoms with Gasteiger partial charge >= 0.3 is 0 Å². The molecular formula is C9H15N3O2. The van der Waals surface area contributed by atoms with Crippen LogP contribution < -0.4 is 5.32 Å². The molecule has 0 bridgehead atoms. The molecule has 1 aromatic rings. The lowest BCUT2D eigenvalue weighted by Crippen LogP contribution is -2.12. The first-order chi connectivity index (χ1) is 6.83. The van der Waals surface area contributed by atoms with Crippen LogP contribution in [0.3, 0.4) is 0 Å². The number of aliphatic hydroxyl groups is 1. The van der Waals surface area contributed by atoms with Crippen molar-refractivity contribution in [2.24, 2.45) is 0 Å². The summed E-state index contributed by atoms with van der Waals surface area (Å²) in [4.78, 5) is 8.01. The maximum Gasteiger partial charge on any atom is 0.129 e. The highest BCUT2D eigenvalue weighted by atomic mass is 16.5. The molecule has 0 atom stereocenters. The van der Waals surface area contributed by atoms with E-state index in [1.54, 1.807) is 0 Å². The van der Waals surface area contributed by atoms with E-state index in [1.165, 1.54) is 6.33 Å². The number of anilines is 1. The summed E-state index contributed by atoms with van der Waals surface area (Å²) in [7, 11) is 0. The van der Waals surface area contributed by atoms with Crippen LogP contribution in [-0.2, 0) is 4.74 Å². The van der Waals surface area contributed by atoms with Gasteiger partial charge in [-0.1, -0.05) is 0 Å². The summed E-state index contributed by atoms with van der Waals surface area (Å²) in [5.41, 5.74) is 0.929. The average molecular weight is 197 g/mol. The SMILES string of the molecule is Cc1cc(NCCOCCO)ncn1. The molecule has 0 spiro atoms. The summed E-state index contributed by atoms with van der Waals surface area (Å²) < 4.78 is 5.08. The largest absolute Gasteiger partial charge is 0.394 e. The van der Waals surface area contributed by atoms with Gasteiger partial charge in [-0.15, -0.1) is 0 Å². The quantitative estimate of drug-likeness (QED) is 0.638. The van der Waals surface area contributed by atoms with Crippen LogP contribution >= 0.6 is 0 Å². The molecule has 0 aromatic carbocycles. The minimum Gasteiger partial charge on any atom is -0.394 e. The Morgan fingerprint density at radius 1 is 1.43 bits per heavy atom. The molecule has 78 valence electrons. The predicted molar refractivity (Wildman–Crippen MR) is 53.2 cm³/mol. The fraction of sp³-hybridized carbons (Fsp3) is 0.556. The Hall–Kier alpha value is -1.20. The normalized spacial score (nSPS) is 10.1. The van der Waals surface area contributed by atoms with Gasteiger partial charge in [0.25, 0.3) is 0 Å². The molecule has 0 aliphatic rings. The lowest BCUT2D eigenvalue weighted by atomic mass is 10.4. The van der Waals surface area contributed by atoms with E-state index >= 15 is 0 Å². The van der Waals surface area contributed by atoms with Crippen molar-refractivity contribution in [1.82, 2.24) is 9.97 Å². The van der Waals surface area contributed by atoms with Gasteiger partial charge in [-0.25, -0.2) is 9.97 Å². The number of ether oxygens (including phenoxy) is 1. The van der Waals surface area contributed by atoms with Gasteiger partial charge in [-0.2, -0.15) is 0 Å². The van der Waals surface area contributed by atoms with Crippen molar-refractivity contribution < 1.29 is 9.84 Å². The third kappa shape index (κ3) is 4.15. The summed E-state index contributed by atoms with van der Waals surface area (Å²) in [6.45, 7) is 3.59. The van der Waals surface area contributed by atoms with Gasteiger partial charge in [-0.05, 0) is 6.92 Å². The van der Waals surface area contributed by atoms with Crippen molar-refractivity contribution >= 4 is 5.82 Å². The monoisotopic (exact) mass is 197 g/mol. The lowest BCUT2D eigenvalue weighted by Gasteiger charge is -2.05. The zero-order valence-electron chi connectivity index (χ0n) is 8.23. The fourth-order valence-corrected chi connectivity index (χ4v) is 0.969. The standard InChI is InChI=1S/C9H15N3O2/c1-8-6-9(12-7-11-8)10-2-4-14-5-3-13/h6-7,13H,2-5H2,1H3,(H,10,11,12). The number of rotatable bonds is 6. The smallest absolute Gasteiger partial charge is 0.129 e. The van der Waals surface area contributed by atoms with Crippen LogP contribution in [0.25, 0.3) is 0 Å². The Morgan fingerprint density at radius 3 is 3.00 bits per heavy atom. The second kappa shape index (κ2) is 6.28.